The second-order valence-electron chi connectivity index (χ2n) is 9.11. The second-order valence-corrected chi connectivity index (χ2v) is 9.11. The largest absolute Gasteiger partial charge is 0.490 e. The van der Waals surface area contributed by atoms with Gasteiger partial charge in [0.2, 0.25) is 5.91 Å². The number of anilines is 2. The fourth-order valence-corrected chi connectivity index (χ4v) is 3.47. The predicted octanol–water partition coefficient (Wildman–Crippen LogP) is 4.85. The van der Waals surface area contributed by atoms with Crippen molar-refractivity contribution >= 4 is 23.3 Å². The molecule has 0 fully saturated rings. The number of amides is 3. The van der Waals surface area contributed by atoms with E-state index < -0.39 is 5.41 Å². The number of nitrogens with one attached hydrogen (secondary N) is 2. The average Bonchev–Trinajstić information content (AvgIpc) is 2.82. The van der Waals surface area contributed by atoms with E-state index in [2.05, 4.69) is 24.5 Å². The third-order valence-electron chi connectivity index (χ3n) is 5.39. The minimum absolute atomic E-state index is 0.0383. The molecular formula is C25H33N3O3. The first kappa shape index (κ1) is 22.7. The Labute approximate surface area is 185 Å². The summed E-state index contributed by atoms with van der Waals surface area (Å²) in [4.78, 5) is 27.4. The summed E-state index contributed by atoms with van der Waals surface area (Å²) in [6, 6.07) is 15.2. The second kappa shape index (κ2) is 9.86. The fourth-order valence-electron chi connectivity index (χ4n) is 3.47. The summed E-state index contributed by atoms with van der Waals surface area (Å²) in [5, 5.41) is 5.76. The molecule has 0 aliphatic carbocycles. The summed E-state index contributed by atoms with van der Waals surface area (Å²) in [7, 11) is 0. The predicted molar refractivity (Wildman–Crippen MR) is 125 cm³/mol. The van der Waals surface area contributed by atoms with Crippen LogP contribution in [-0.4, -0.2) is 31.6 Å². The zero-order valence-corrected chi connectivity index (χ0v) is 18.9. The molecule has 1 aliphatic heterocycles. The van der Waals surface area contributed by atoms with E-state index in [1.807, 2.05) is 56.3 Å². The quantitative estimate of drug-likeness (QED) is 0.669. The third-order valence-corrected chi connectivity index (χ3v) is 5.39. The van der Waals surface area contributed by atoms with Crippen molar-refractivity contribution < 1.29 is 14.3 Å². The van der Waals surface area contributed by atoms with E-state index >= 15 is 0 Å². The van der Waals surface area contributed by atoms with Crippen molar-refractivity contribution in [2.75, 3.05) is 29.9 Å². The minimum Gasteiger partial charge on any atom is -0.490 e. The Morgan fingerprint density at radius 1 is 1.16 bits per heavy atom. The number of urea groups is 1. The maximum absolute atomic E-state index is 13.2. The van der Waals surface area contributed by atoms with E-state index in [1.165, 1.54) is 5.56 Å². The Morgan fingerprint density at radius 2 is 1.90 bits per heavy atom. The van der Waals surface area contributed by atoms with E-state index in [0.29, 0.717) is 42.7 Å². The first-order valence-corrected chi connectivity index (χ1v) is 10.9. The van der Waals surface area contributed by atoms with Gasteiger partial charge in [-0.05, 0) is 56.4 Å². The average molecular weight is 424 g/mol. The summed E-state index contributed by atoms with van der Waals surface area (Å²) < 4.78 is 5.95. The van der Waals surface area contributed by atoms with Gasteiger partial charge in [-0.1, -0.05) is 44.2 Å². The highest BCUT2D eigenvalue weighted by Crippen LogP contribution is 2.38. The number of fused-ring (bicyclic) bond motifs is 1. The van der Waals surface area contributed by atoms with Crippen LogP contribution in [0.15, 0.2) is 48.5 Å². The van der Waals surface area contributed by atoms with Crippen LogP contribution in [0.2, 0.25) is 0 Å². The van der Waals surface area contributed by atoms with Gasteiger partial charge in [-0.15, -0.1) is 0 Å². The van der Waals surface area contributed by atoms with E-state index in [1.54, 1.807) is 11.0 Å². The van der Waals surface area contributed by atoms with Crippen molar-refractivity contribution in [3.05, 3.63) is 54.1 Å². The Hall–Kier alpha value is -3.02. The van der Waals surface area contributed by atoms with E-state index in [9.17, 15) is 9.59 Å². The Kier molecular flexibility index (Phi) is 7.21. The third kappa shape index (κ3) is 6.00. The highest BCUT2D eigenvalue weighted by molar-refractivity contribution is 6.00. The first-order valence-electron chi connectivity index (χ1n) is 10.9. The van der Waals surface area contributed by atoms with Crippen molar-refractivity contribution in [3.8, 4) is 5.75 Å². The van der Waals surface area contributed by atoms with Gasteiger partial charge < -0.3 is 20.3 Å². The van der Waals surface area contributed by atoms with Crippen LogP contribution in [0.1, 0.15) is 39.7 Å². The Morgan fingerprint density at radius 3 is 2.61 bits per heavy atom. The molecule has 2 aromatic carbocycles. The monoisotopic (exact) mass is 423 g/mol. The number of hydrogen-bond donors (Lipinski definition) is 2. The molecular weight excluding hydrogens is 390 g/mol. The van der Waals surface area contributed by atoms with Crippen LogP contribution in [0, 0.1) is 11.3 Å². The molecule has 2 N–H and O–H groups in total. The number of carbonyl (C=O) groups excluding carboxylic acids is 2. The molecule has 1 heterocycles. The van der Waals surface area contributed by atoms with Crippen molar-refractivity contribution in [1.82, 2.24) is 5.32 Å². The van der Waals surface area contributed by atoms with Crippen molar-refractivity contribution in [1.29, 1.82) is 0 Å². The molecule has 0 atom stereocenters. The lowest BCUT2D eigenvalue weighted by atomic mass is 9.92. The zero-order valence-electron chi connectivity index (χ0n) is 18.9. The molecule has 0 unspecified atom stereocenters. The van der Waals surface area contributed by atoms with Gasteiger partial charge in [0.1, 0.15) is 12.4 Å². The van der Waals surface area contributed by atoms with Crippen LogP contribution in [0.3, 0.4) is 0 Å². The summed E-state index contributed by atoms with van der Waals surface area (Å²) in [6.07, 6.45) is 1.65. The number of nitrogens with zero attached hydrogens (tertiary/aromatic N) is 1. The fraction of sp³-hybridized carbons (Fsp3) is 0.440. The summed E-state index contributed by atoms with van der Waals surface area (Å²) in [6.45, 7) is 9.57. The molecule has 0 saturated carbocycles. The number of hydrogen-bond acceptors (Lipinski definition) is 3. The van der Waals surface area contributed by atoms with Crippen molar-refractivity contribution in [2.45, 2.75) is 40.5 Å². The molecule has 31 heavy (non-hydrogen) atoms. The van der Waals surface area contributed by atoms with Crippen LogP contribution in [0.5, 0.6) is 5.75 Å². The highest BCUT2D eigenvalue weighted by Gasteiger charge is 2.37. The standard InChI is InChI=1S/C25H33N3O3/c1-18(2)13-15-28-21-16-20(10-11-22(21)31-17-25(3,4)23(28)29)27-24(30)26-14-12-19-8-6-5-7-9-19/h5-11,16,18H,12-15,17H2,1-4H3,(H2,26,27,30). The molecule has 6 heteroatoms. The van der Waals surface area contributed by atoms with Gasteiger partial charge in [-0.3, -0.25) is 4.79 Å². The lowest BCUT2D eigenvalue weighted by molar-refractivity contribution is -0.127. The van der Waals surface area contributed by atoms with Crippen molar-refractivity contribution in [2.24, 2.45) is 11.3 Å². The minimum atomic E-state index is -0.613. The molecule has 1 aliphatic rings. The van der Waals surface area contributed by atoms with Gasteiger partial charge in [0.15, 0.2) is 0 Å². The Bertz CT molecular complexity index is 909. The smallest absolute Gasteiger partial charge is 0.319 e. The van der Waals surface area contributed by atoms with Crippen molar-refractivity contribution in [3.63, 3.8) is 0 Å². The first-order chi connectivity index (χ1) is 14.8. The summed E-state index contributed by atoms with van der Waals surface area (Å²) in [5.41, 5.74) is 1.89. The maximum atomic E-state index is 13.2. The maximum Gasteiger partial charge on any atom is 0.319 e. The Balaban J connectivity index is 1.70. The zero-order chi connectivity index (χ0) is 22.4. The molecule has 3 rings (SSSR count). The van der Waals surface area contributed by atoms with Crippen LogP contribution in [0.4, 0.5) is 16.2 Å². The van der Waals surface area contributed by atoms with Crippen LogP contribution >= 0.6 is 0 Å². The molecule has 0 saturated heterocycles. The van der Waals surface area contributed by atoms with Crippen LogP contribution in [-0.2, 0) is 11.2 Å². The molecule has 0 spiro atoms. The molecule has 166 valence electrons. The number of carbonyl (C=O) groups is 2. The van der Waals surface area contributed by atoms with E-state index in [4.69, 9.17) is 4.74 Å². The van der Waals surface area contributed by atoms with Gasteiger partial charge in [-0.2, -0.15) is 0 Å². The molecule has 6 nitrogen and oxygen atoms in total. The number of ether oxygens (including phenoxy) is 1. The normalized spacial score (nSPS) is 15.1. The molecule has 0 aromatic heterocycles. The van der Waals surface area contributed by atoms with Gasteiger partial charge in [0.05, 0.1) is 11.1 Å². The molecule has 0 radical (unpaired) electrons. The van der Waals surface area contributed by atoms with E-state index in [0.717, 1.165) is 12.8 Å². The molecule has 3 amide bonds. The molecule has 2 aromatic rings. The van der Waals surface area contributed by atoms with Gasteiger partial charge in [-0.25, -0.2) is 4.79 Å². The van der Waals surface area contributed by atoms with E-state index in [-0.39, 0.29) is 11.9 Å². The van der Waals surface area contributed by atoms with Crippen LogP contribution in [0.25, 0.3) is 0 Å². The topological polar surface area (TPSA) is 70.7 Å². The number of rotatable bonds is 7. The van der Waals surface area contributed by atoms with Gasteiger partial charge in [0, 0.05) is 18.8 Å². The SMILES string of the molecule is CC(C)CCN1C(=O)C(C)(C)COc2ccc(NC(=O)NCCc3ccccc3)cc21. The van der Waals surface area contributed by atoms with Gasteiger partial charge >= 0.3 is 6.03 Å². The summed E-state index contributed by atoms with van der Waals surface area (Å²) >= 11 is 0. The highest BCUT2D eigenvalue weighted by atomic mass is 16.5. The molecule has 0 bridgehead atoms. The van der Waals surface area contributed by atoms with Gasteiger partial charge in [0.25, 0.3) is 0 Å². The van der Waals surface area contributed by atoms with Crippen LogP contribution < -0.4 is 20.3 Å². The number of benzene rings is 2. The lowest BCUT2D eigenvalue weighted by Gasteiger charge is -2.28. The summed E-state index contributed by atoms with van der Waals surface area (Å²) in [5.74, 6) is 1.18. The lowest BCUT2D eigenvalue weighted by Crippen LogP contribution is -2.43.